The van der Waals surface area contributed by atoms with E-state index in [1.165, 1.54) is 0 Å². The minimum absolute atomic E-state index is 0.348. The monoisotopic (exact) mass is 303 g/mol. The minimum atomic E-state index is 0.348. The van der Waals surface area contributed by atoms with E-state index in [9.17, 15) is 0 Å². The molecule has 1 aliphatic rings. The van der Waals surface area contributed by atoms with Gasteiger partial charge in [0.05, 0.1) is 16.1 Å². The summed E-state index contributed by atoms with van der Waals surface area (Å²) in [7, 11) is 1.74. The van der Waals surface area contributed by atoms with E-state index in [1.54, 1.807) is 13.2 Å². The zero-order valence-corrected chi connectivity index (χ0v) is 12.7. The molecule has 0 bridgehead atoms. The van der Waals surface area contributed by atoms with Crippen molar-refractivity contribution in [1.82, 2.24) is 4.98 Å². The molecule has 4 nitrogen and oxygen atoms in total. The van der Waals surface area contributed by atoms with E-state index in [1.807, 2.05) is 0 Å². The Kier molecular flexibility index (Phi) is 5.13. The predicted octanol–water partition coefficient (Wildman–Crippen LogP) is 3.80. The van der Waals surface area contributed by atoms with Crippen LogP contribution in [0.2, 0.25) is 10.0 Å². The van der Waals surface area contributed by atoms with E-state index in [4.69, 9.17) is 27.9 Å². The first-order valence-corrected chi connectivity index (χ1v) is 7.28. The maximum atomic E-state index is 6.16. The second-order valence-electron chi connectivity index (χ2n) is 4.75. The number of hydrogen-bond acceptors (Lipinski definition) is 4. The van der Waals surface area contributed by atoms with Gasteiger partial charge in [0.25, 0.3) is 0 Å². The maximum absolute atomic E-state index is 6.16. The molecule has 1 heterocycles. The van der Waals surface area contributed by atoms with E-state index in [2.05, 4.69) is 22.5 Å². The standard InChI is InChI=1S/C13H19Cl2N3O/c1-3-4-16-12-10(14)7-11(15)13(18-12)17-8-5-9(6-8)19-2/h7-9H,3-6H2,1-2H3,(H2,16,17,18). The Morgan fingerprint density at radius 1 is 1.32 bits per heavy atom. The van der Waals surface area contributed by atoms with Crippen molar-refractivity contribution >= 4 is 34.8 Å². The molecule has 0 amide bonds. The first-order valence-electron chi connectivity index (χ1n) is 6.53. The van der Waals surface area contributed by atoms with E-state index in [0.717, 1.165) is 25.8 Å². The largest absolute Gasteiger partial charge is 0.381 e. The summed E-state index contributed by atoms with van der Waals surface area (Å²) in [5, 5.41) is 7.62. The number of nitrogens with zero attached hydrogens (tertiary/aromatic N) is 1. The molecule has 19 heavy (non-hydrogen) atoms. The fourth-order valence-electron chi connectivity index (χ4n) is 2.00. The van der Waals surface area contributed by atoms with Crippen LogP contribution in [0.1, 0.15) is 26.2 Å². The van der Waals surface area contributed by atoms with E-state index >= 15 is 0 Å². The highest BCUT2D eigenvalue weighted by atomic mass is 35.5. The van der Waals surface area contributed by atoms with Crippen LogP contribution in [0.25, 0.3) is 0 Å². The molecule has 0 aromatic carbocycles. The van der Waals surface area contributed by atoms with Gasteiger partial charge < -0.3 is 15.4 Å². The first-order chi connectivity index (χ1) is 9.13. The van der Waals surface area contributed by atoms with Crippen molar-refractivity contribution in [3.8, 4) is 0 Å². The van der Waals surface area contributed by atoms with Gasteiger partial charge in [-0.25, -0.2) is 4.98 Å². The van der Waals surface area contributed by atoms with Gasteiger partial charge in [-0.3, -0.25) is 0 Å². The van der Waals surface area contributed by atoms with Gasteiger partial charge in [0.1, 0.15) is 11.6 Å². The van der Waals surface area contributed by atoms with Crippen LogP contribution in [0.3, 0.4) is 0 Å². The third kappa shape index (κ3) is 3.65. The number of rotatable bonds is 6. The third-order valence-corrected chi connectivity index (χ3v) is 3.82. The Hall–Kier alpha value is -0.710. The van der Waals surface area contributed by atoms with Gasteiger partial charge in [0, 0.05) is 19.7 Å². The highest BCUT2D eigenvalue weighted by Gasteiger charge is 2.29. The molecule has 0 aliphatic heterocycles. The number of halogens is 2. The minimum Gasteiger partial charge on any atom is -0.381 e. The molecule has 0 radical (unpaired) electrons. The SMILES string of the molecule is CCCNc1nc(NC2CC(OC)C2)c(Cl)cc1Cl. The summed E-state index contributed by atoms with van der Waals surface area (Å²) in [5.74, 6) is 1.36. The van der Waals surface area contributed by atoms with Crippen LogP contribution in [0.4, 0.5) is 11.6 Å². The molecule has 0 atom stereocenters. The zero-order chi connectivity index (χ0) is 13.8. The van der Waals surface area contributed by atoms with Gasteiger partial charge in [0.15, 0.2) is 0 Å². The molecule has 0 unspecified atom stereocenters. The number of ether oxygens (including phenoxy) is 1. The molecule has 1 aliphatic carbocycles. The summed E-state index contributed by atoms with van der Waals surface area (Å²) in [6.45, 7) is 2.93. The molecule has 1 aromatic rings. The molecule has 6 heteroatoms. The number of nitrogens with one attached hydrogen (secondary N) is 2. The molecule has 1 aromatic heterocycles. The van der Waals surface area contributed by atoms with Gasteiger partial charge >= 0.3 is 0 Å². The van der Waals surface area contributed by atoms with Crippen LogP contribution in [0.5, 0.6) is 0 Å². The summed E-state index contributed by atoms with van der Waals surface area (Å²) in [5.41, 5.74) is 0. The Morgan fingerprint density at radius 3 is 2.63 bits per heavy atom. The van der Waals surface area contributed by atoms with Gasteiger partial charge in [-0.2, -0.15) is 0 Å². The predicted molar refractivity (Wildman–Crippen MR) is 80.5 cm³/mol. The molecular weight excluding hydrogens is 285 g/mol. The van der Waals surface area contributed by atoms with Crippen LogP contribution in [-0.4, -0.2) is 30.8 Å². The molecule has 1 fully saturated rings. The number of anilines is 2. The lowest BCUT2D eigenvalue weighted by atomic mass is 9.89. The average molecular weight is 304 g/mol. The van der Waals surface area contributed by atoms with Crippen LogP contribution < -0.4 is 10.6 Å². The van der Waals surface area contributed by atoms with Crippen molar-refractivity contribution in [2.24, 2.45) is 0 Å². The Bertz CT molecular complexity index is 436. The van der Waals surface area contributed by atoms with Crippen LogP contribution in [0.15, 0.2) is 6.07 Å². The Morgan fingerprint density at radius 2 is 2.00 bits per heavy atom. The van der Waals surface area contributed by atoms with Gasteiger partial charge in [0.2, 0.25) is 0 Å². The van der Waals surface area contributed by atoms with Gasteiger partial charge in [-0.05, 0) is 25.3 Å². The number of methoxy groups -OCH3 is 1. The zero-order valence-electron chi connectivity index (χ0n) is 11.2. The van der Waals surface area contributed by atoms with Crippen molar-refractivity contribution < 1.29 is 4.74 Å². The maximum Gasteiger partial charge on any atom is 0.147 e. The molecule has 0 spiro atoms. The highest BCUT2D eigenvalue weighted by molar-refractivity contribution is 6.37. The lowest BCUT2D eigenvalue weighted by molar-refractivity contribution is 0.0328. The van der Waals surface area contributed by atoms with Crippen molar-refractivity contribution in [2.75, 3.05) is 24.3 Å². The molecular formula is C13H19Cl2N3O. The summed E-state index contributed by atoms with van der Waals surface area (Å²) >= 11 is 12.3. The second-order valence-corrected chi connectivity index (χ2v) is 5.56. The van der Waals surface area contributed by atoms with Crippen molar-refractivity contribution in [3.63, 3.8) is 0 Å². The van der Waals surface area contributed by atoms with Gasteiger partial charge in [-0.1, -0.05) is 30.1 Å². The topological polar surface area (TPSA) is 46.2 Å². The van der Waals surface area contributed by atoms with Crippen molar-refractivity contribution in [2.45, 2.75) is 38.3 Å². The number of aromatic nitrogens is 1. The average Bonchev–Trinajstić information content (AvgIpc) is 2.34. The summed E-state index contributed by atoms with van der Waals surface area (Å²) in [4.78, 5) is 4.46. The quantitative estimate of drug-likeness (QED) is 0.839. The fourth-order valence-corrected chi connectivity index (χ4v) is 2.48. The van der Waals surface area contributed by atoms with E-state index < -0.39 is 0 Å². The Labute approximate surface area is 123 Å². The lowest BCUT2D eigenvalue weighted by Gasteiger charge is -2.35. The fraction of sp³-hybridized carbons (Fsp3) is 0.615. The van der Waals surface area contributed by atoms with E-state index in [-0.39, 0.29) is 0 Å². The molecule has 106 valence electrons. The first kappa shape index (κ1) is 14.7. The molecule has 1 saturated carbocycles. The number of pyridine rings is 1. The van der Waals surface area contributed by atoms with Gasteiger partial charge in [-0.15, -0.1) is 0 Å². The molecule has 2 rings (SSSR count). The van der Waals surface area contributed by atoms with Crippen molar-refractivity contribution in [1.29, 1.82) is 0 Å². The smallest absolute Gasteiger partial charge is 0.147 e. The van der Waals surface area contributed by atoms with Crippen LogP contribution in [-0.2, 0) is 4.74 Å². The summed E-state index contributed by atoms with van der Waals surface area (Å²) in [6.07, 6.45) is 3.33. The molecule has 2 N–H and O–H groups in total. The van der Waals surface area contributed by atoms with E-state index in [0.29, 0.717) is 33.8 Å². The highest BCUT2D eigenvalue weighted by Crippen LogP contribution is 2.32. The summed E-state index contributed by atoms with van der Waals surface area (Å²) < 4.78 is 5.25. The van der Waals surface area contributed by atoms with Crippen LogP contribution in [0, 0.1) is 0 Å². The van der Waals surface area contributed by atoms with Crippen molar-refractivity contribution in [3.05, 3.63) is 16.1 Å². The number of hydrogen-bond donors (Lipinski definition) is 2. The van der Waals surface area contributed by atoms with Crippen LogP contribution >= 0.6 is 23.2 Å². The second kappa shape index (κ2) is 6.64. The third-order valence-electron chi connectivity index (χ3n) is 3.24. The normalized spacial score (nSPS) is 21.9. The molecule has 0 saturated heterocycles. The Balaban J connectivity index is 2.03. The lowest BCUT2D eigenvalue weighted by Crippen LogP contribution is -2.40. The summed E-state index contributed by atoms with van der Waals surface area (Å²) in [6, 6.07) is 2.10.